The number of rotatable bonds is 3. The Morgan fingerprint density at radius 3 is 2.88 bits per heavy atom. The Labute approximate surface area is 99.4 Å². The molecule has 0 aliphatic carbocycles. The molecule has 1 aliphatic heterocycles. The Bertz CT molecular complexity index is 501. The second kappa shape index (κ2) is 4.79. The Hall–Kier alpha value is -1.50. The van der Waals surface area contributed by atoms with Crippen LogP contribution in [0.1, 0.15) is 16.9 Å². The lowest BCUT2D eigenvalue weighted by Crippen LogP contribution is -2.30. The van der Waals surface area contributed by atoms with Crippen molar-refractivity contribution < 1.29 is 13.2 Å². The van der Waals surface area contributed by atoms with Gasteiger partial charge in [0, 0.05) is 18.9 Å². The van der Waals surface area contributed by atoms with Gasteiger partial charge in [-0.15, -0.1) is 0 Å². The number of hydrogen-bond acceptors (Lipinski definition) is 5. The van der Waals surface area contributed by atoms with E-state index in [-0.39, 0.29) is 29.0 Å². The van der Waals surface area contributed by atoms with Crippen LogP contribution in [0.3, 0.4) is 0 Å². The smallest absolute Gasteiger partial charge is 0.271 e. The summed E-state index contributed by atoms with van der Waals surface area (Å²) in [7, 11) is -2.89. The second-order valence-corrected chi connectivity index (χ2v) is 6.30. The molecule has 2 heterocycles. The molecule has 0 spiro atoms. The highest BCUT2D eigenvalue weighted by molar-refractivity contribution is 7.91. The average Bonchev–Trinajstić information content (AvgIpc) is 2.67. The molecule has 0 radical (unpaired) electrons. The molecule has 2 rings (SSSR count). The molecule has 1 aliphatic rings. The zero-order valence-corrected chi connectivity index (χ0v) is 9.98. The molecule has 1 aromatic rings. The van der Waals surface area contributed by atoms with E-state index in [1.165, 1.54) is 18.6 Å². The summed E-state index contributed by atoms with van der Waals surface area (Å²) in [5.74, 6) is 0.0786. The third kappa shape index (κ3) is 3.23. The van der Waals surface area contributed by atoms with Crippen LogP contribution in [0.25, 0.3) is 0 Å². The van der Waals surface area contributed by atoms with Gasteiger partial charge in [0.2, 0.25) is 0 Å². The van der Waals surface area contributed by atoms with Gasteiger partial charge >= 0.3 is 0 Å². The number of hydrogen-bond donors (Lipinski definition) is 1. The average molecular weight is 255 g/mol. The Morgan fingerprint density at radius 2 is 2.29 bits per heavy atom. The van der Waals surface area contributed by atoms with Crippen molar-refractivity contribution in [1.82, 2.24) is 15.3 Å². The summed E-state index contributed by atoms with van der Waals surface area (Å²) in [4.78, 5) is 19.2. The quantitative estimate of drug-likeness (QED) is 0.796. The maximum Gasteiger partial charge on any atom is 0.271 e. The van der Waals surface area contributed by atoms with E-state index in [0.29, 0.717) is 13.0 Å². The van der Waals surface area contributed by atoms with Crippen LogP contribution in [0.5, 0.6) is 0 Å². The van der Waals surface area contributed by atoms with Gasteiger partial charge in [-0.3, -0.25) is 9.78 Å². The van der Waals surface area contributed by atoms with Crippen LogP contribution in [0, 0.1) is 5.92 Å². The second-order valence-electron chi connectivity index (χ2n) is 4.07. The molecule has 1 fully saturated rings. The molecule has 1 unspecified atom stereocenters. The standard InChI is InChI=1S/C10H13N3O3S/c14-10(9-6-11-2-3-12-9)13-5-8-1-4-17(15,16)7-8/h2-3,6,8H,1,4-5,7H2,(H,13,14). The van der Waals surface area contributed by atoms with Crippen molar-refractivity contribution >= 4 is 15.7 Å². The van der Waals surface area contributed by atoms with E-state index in [2.05, 4.69) is 15.3 Å². The maximum absolute atomic E-state index is 11.6. The first kappa shape index (κ1) is 12.0. The summed E-state index contributed by atoms with van der Waals surface area (Å²) in [5, 5.41) is 2.67. The van der Waals surface area contributed by atoms with E-state index in [0.717, 1.165) is 0 Å². The number of sulfone groups is 1. The van der Waals surface area contributed by atoms with Crippen LogP contribution < -0.4 is 5.32 Å². The molecule has 1 atom stereocenters. The van der Waals surface area contributed by atoms with Crippen LogP contribution in [0.15, 0.2) is 18.6 Å². The summed E-state index contributed by atoms with van der Waals surface area (Å²) in [6, 6.07) is 0. The summed E-state index contributed by atoms with van der Waals surface area (Å²) in [5.41, 5.74) is 0.244. The van der Waals surface area contributed by atoms with Crippen molar-refractivity contribution in [3.8, 4) is 0 Å². The highest BCUT2D eigenvalue weighted by atomic mass is 32.2. The predicted octanol–water partition coefficient (Wildman–Crippen LogP) is -0.359. The molecule has 1 aromatic heterocycles. The van der Waals surface area contributed by atoms with Gasteiger partial charge in [0.25, 0.3) is 5.91 Å². The first-order chi connectivity index (χ1) is 8.07. The van der Waals surface area contributed by atoms with Crippen LogP contribution in [0.4, 0.5) is 0 Å². The first-order valence-corrected chi connectivity index (χ1v) is 7.13. The topological polar surface area (TPSA) is 89.0 Å². The fourth-order valence-electron chi connectivity index (χ4n) is 1.78. The van der Waals surface area contributed by atoms with Gasteiger partial charge in [-0.05, 0) is 12.3 Å². The molecule has 1 saturated heterocycles. The molecule has 17 heavy (non-hydrogen) atoms. The Kier molecular flexibility index (Phi) is 3.37. The van der Waals surface area contributed by atoms with Crippen LogP contribution in [-0.4, -0.2) is 42.3 Å². The van der Waals surface area contributed by atoms with Gasteiger partial charge in [-0.1, -0.05) is 0 Å². The van der Waals surface area contributed by atoms with E-state index >= 15 is 0 Å². The number of carbonyl (C=O) groups excluding carboxylic acids is 1. The Balaban J connectivity index is 1.86. The monoisotopic (exact) mass is 255 g/mol. The van der Waals surface area contributed by atoms with Gasteiger partial charge in [-0.2, -0.15) is 0 Å². The van der Waals surface area contributed by atoms with E-state index in [4.69, 9.17) is 0 Å². The third-order valence-corrected chi connectivity index (χ3v) is 4.51. The van der Waals surface area contributed by atoms with Gasteiger partial charge in [-0.25, -0.2) is 13.4 Å². The normalized spacial score (nSPS) is 22.2. The van der Waals surface area contributed by atoms with Gasteiger partial charge in [0.15, 0.2) is 9.84 Å². The Morgan fingerprint density at radius 1 is 1.47 bits per heavy atom. The highest BCUT2D eigenvalue weighted by Crippen LogP contribution is 2.17. The lowest BCUT2D eigenvalue weighted by Gasteiger charge is -2.08. The minimum atomic E-state index is -2.89. The minimum absolute atomic E-state index is 0.0145. The first-order valence-electron chi connectivity index (χ1n) is 5.31. The van der Waals surface area contributed by atoms with Crippen LogP contribution >= 0.6 is 0 Å². The molecule has 7 heteroatoms. The number of nitrogens with one attached hydrogen (secondary N) is 1. The summed E-state index contributed by atoms with van der Waals surface area (Å²) < 4.78 is 22.4. The molecule has 6 nitrogen and oxygen atoms in total. The van der Waals surface area contributed by atoms with Crippen molar-refractivity contribution in [2.24, 2.45) is 5.92 Å². The molecular weight excluding hydrogens is 242 g/mol. The summed E-state index contributed by atoms with van der Waals surface area (Å²) >= 11 is 0. The third-order valence-electron chi connectivity index (χ3n) is 2.67. The fraction of sp³-hybridized carbons (Fsp3) is 0.500. The van der Waals surface area contributed by atoms with Crippen molar-refractivity contribution in [3.63, 3.8) is 0 Å². The van der Waals surface area contributed by atoms with Crippen molar-refractivity contribution in [2.75, 3.05) is 18.1 Å². The lowest BCUT2D eigenvalue weighted by molar-refractivity contribution is 0.0943. The van der Waals surface area contributed by atoms with Gasteiger partial charge in [0.1, 0.15) is 5.69 Å². The van der Waals surface area contributed by atoms with Gasteiger partial charge < -0.3 is 5.32 Å². The van der Waals surface area contributed by atoms with Gasteiger partial charge in [0.05, 0.1) is 17.7 Å². The number of amides is 1. The van der Waals surface area contributed by atoms with Crippen molar-refractivity contribution in [3.05, 3.63) is 24.3 Å². The molecule has 0 saturated carbocycles. The molecule has 0 bridgehead atoms. The highest BCUT2D eigenvalue weighted by Gasteiger charge is 2.28. The molecule has 1 amide bonds. The maximum atomic E-state index is 11.6. The van der Waals surface area contributed by atoms with Crippen molar-refractivity contribution in [1.29, 1.82) is 0 Å². The molecular formula is C10H13N3O3S. The van der Waals surface area contributed by atoms with E-state index in [1.54, 1.807) is 0 Å². The van der Waals surface area contributed by atoms with Crippen LogP contribution in [0.2, 0.25) is 0 Å². The number of carbonyl (C=O) groups is 1. The summed E-state index contributed by atoms with van der Waals surface area (Å²) in [6.45, 7) is 0.370. The summed E-state index contributed by atoms with van der Waals surface area (Å²) in [6.07, 6.45) is 4.92. The number of nitrogens with zero attached hydrogens (tertiary/aromatic N) is 2. The van der Waals surface area contributed by atoms with E-state index in [9.17, 15) is 13.2 Å². The lowest BCUT2D eigenvalue weighted by atomic mass is 10.1. The van der Waals surface area contributed by atoms with Crippen molar-refractivity contribution in [2.45, 2.75) is 6.42 Å². The van der Waals surface area contributed by atoms with E-state index < -0.39 is 9.84 Å². The fourth-order valence-corrected chi connectivity index (χ4v) is 3.64. The largest absolute Gasteiger partial charge is 0.350 e. The molecule has 92 valence electrons. The molecule has 1 N–H and O–H groups in total. The predicted molar refractivity (Wildman–Crippen MR) is 61.1 cm³/mol. The van der Waals surface area contributed by atoms with E-state index in [1.807, 2.05) is 0 Å². The molecule has 0 aromatic carbocycles. The van der Waals surface area contributed by atoms with Crippen LogP contribution in [-0.2, 0) is 9.84 Å². The SMILES string of the molecule is O=C(NCC1CCS(=O)(=O)C1)c1cnccn1. The number of aromatic nitrogens is 2. The zero-order valence-electron chi connectivity index (χ0n) is 9.17. The minimum Gasteiger partial charge on any atom is -0.350 e. The zero-order chi connectivity index (χ0) is 12.3.